The van der Waals surface area contributed by atoms with Crippen molar-refractivity contribution in [1.29, 1.82) is 0 Å². The van der Waals surface area contributed by atoms with Crippen LogP contribution in [0.2, 0.25) is 0 Å². The maximum absolute atomic E-state index is 14.0. The Hall–Kier alpha value is -4.05. The number of nitrogens with one attached hydrogen (secondary N) is 1. The zero-order valence-corrected chi connectivity index (χ0v) is 25.1. The second kappa shape index (κ2) is 14.5. The minimum atomic E-state index is -4.23. The number of ether oxygens (including phenoxy) is 2. The summed E-state index contributed by atoms with van der Waals surface area (Å²) in [5.74, 6) is -0.176. The standard InChI is InChI=1S/C31H39N3O6S/c1-6-23(2)32-31(36)24(3)33(20-19-25-13-9-7-10-14-25)30(35)22-34(26-15-11-8-12-16-26)41(37,38)27-17-18-28(39-4)29(21-27)40-5/h7-18,21,23-24H,6,19-20,22H2,1-5H3,(H,32,36)/t23-,24+/m0/s1. The van der Waals surface area contributed by atoms with E-state index >= 15 is 0 Å². The molecule has 3 aromatic carbocycles. The molecule has 0 saturated carbocycles. The molecule has 0 aliphatic carbocycles. The predicted molar refractivity (Wildman–Crippen MR) is 160 cm³/mol. The summed E-state index contributed by atoms with van der Waals surface area (Å²) >= 11 is 0. The van der Waals surface area contributed by atoms with Crippen LogP contribution in [0.3, 0.4) is 0 Å². The average molecular weight is 582 g/mol. The number of methoxy groups -OCH3 is 2. The van der Waals surface area contributed by atoms with Crippen LogP contribution >= 0.6 is 0 Å². The molecule has 9 nitrogen and oxygen atoms in total. The molecule has 0 unspecified atom stereocenters. The first kappa shape index (κ1) is 31.5. The van der Waals surface area contributed by atoms with Gasteiger partial charge in [-0.05, 0) is 56.5 Å². The third-order valence-electron chi connectivity index (χ3n) is 6.92. The van der Waals surface area contributed by atoms with Gasteiger partial charge in [0.15, 0.2) is 11.5 Å². The van der Waals surface area contributed by atoms with Crippen molar-refractivity contribution in [2.45, 2.75) is 50.6 Å². The van der Waals surface area contributed by atoms with Gasteiger partial charge in [0.05, 0.1) is 24.8 Å². The molecule has 41 heavy (non-hydrogen) atoms. The van der Waals surface area contributed by atoms with Crippen LogP contribution in [0.25, 0.3) is 0 Å². The second-order valence-corrected chi connectivity index (χ2v) is 11.5. The van der Waals surface area contributed by atoms with E-state index in [-0.39, 0.29) is 29.1 Å². The molecule has 3 rings (SSSR count). The lowest BCUT2D eigenvalue weighted by atomic mass is 10.1. The van der Waals surface area contributed by atoms with Crippen molar-refractivity contribution in [3.8, 4) is 11.5 Å². The van der Waals surface area contributed by atoms with E-state index in [1.807, 2.05) is 44.2 Å². The van der Waals surface area contributed by atoms with Gasteiger partial charge in [-0.1, -0.05) is 55.5 Å². The van der Waals surface area contributed by atoms with E-state index in [1.54, 1.807) is 37.3 Å². The molecular weight excluding hydrogens is 542 g/mol. The Morgan fingerprint density at radius 2 is 1.49 bits per heavy atom. The van der Waals surface area contributed by atoms with E-state index < -0.39 is 28.5 Å². The Labute approximate surface area is 243 Å². The largest absolute Gasteiger partial charge is 0.493 e. The van der Waals surface area contributed by atoms with Crippen LogP contribution in [0.1, 0.15) is 32.8 Å². The summed E-state index contributed by atoms with van der Waals surface area (Å²) in [6.07, 6.45) is 1.24. The highest BCUT2D eigenvalue weighted by Crippen LogP contribution is 2.32. The SMILES string of the molecule is CC[C@H](C)NC(=O)[C@@H](C)N(CCc1ccccc1)C(=O)CN(c1ccccc1)S(=O)(=O)c1ccc(OC)c(OC)c1. The minimum absolute atomic E-state index is 0.0646. The second-order valence-electron chi connectivity index (χ2n) is 9.68. The van der Waals surface area contributed by atoms with E-state index in [9.17, 15) is 18.0 Å². The highest BCUT2D eigenvalue weighted by molar-refractivity contribution is 7.92. The molecule has 0 fully saturated rings. The fourth-order valence-corrected chi connectivity index (χ4v) is 5.69. The lowest BCUT2D eigenvalue weighted by molar-refractivity contribution is -0.139. The average Bonchev–Trinajstić information content (AvgIpc) is 3.00. The van der Waals surface area contributed by atoms with Crippen LogP contribution in [-0.2, 0) is 26.0 Å². The first-order chi connectivity index (χ1) is 19.6. The van der Waals surface area contributed by atoms with Crippen molar-refractivity contribution in [1.82, 2.24) is 10.2 Å². The molecule has 0 radical (unpaired) electrons. The summed E-state index contributed by atoms with van der Waals surface area (Å²) in [5.41, 5.74) is 1.31. The van der Waals surface area contributed by atoms with Crippen molar-refractivity contribution in [3.63, 3.8) is 0 Å². The van der Waals surface area contributed by atoms with Gasteiger partial charge in [0.25, 0.3) is 10.0 Å². The third kappa shape index (κ3) is 8.00. The van der Waals surface area contributed by atoms with Crippen LogP contribution in [0.15, 0.2) is 83.8 Å². The molecule has 0 aliphatic heterocycles. The number of carbonyl (C=O) groups is 2. The summed E-state index contributed by atoms with van der Waals surface area (Å²) in [6.45, 7) is 5.25. The van der Waals surface area contributed by atoms with Crippen molar-refractivity contribution < 1.29 is 27.5 Å². The summed E-state index contributed by atoms with van der Waals surface area (Å²) in [7, 11) is -1.34. The van der Waals surface area contributed by atoms with E-state index in [0.29, 0.717) is 17.9 Å². The molecule has 0 spiro atoms. The molecule has 0 aromatic heterocycles. The maximum atomic E-state index is 14.0. The Balaban J connectivity index is 1.99. The monoisotopic (exact) mass is 581 g/mol. The molecule has 220 valence electrons. The van der Waals surface area contributed by atoms with Crippen LogP contribution < -0.4 is 19.1 Å². The predicted octanol–water partition coefficient (Wildman–Crippen LogP) is 4.27. The number of sulfonamides is 1. The molecule has 3 aromatic rings. The Morgan fingerprint density at radius 1 is 0.878 bits per heavy atom. The molecule has 0 aliphatic rings. The molecule has 2 amide bonds. The topological polar surface area (TPSA) is 105 Å². The smallest absolute Gasteiger partial charge is 0.264 e. The number of anilines is 1. The van der Waals surface area contributed by atoms with Crippen LogP contribution in [0.5, 0.6) is 11.5 Å². The Morgan fingerprint density at radius 3 is 2.07 bits per heavy atom. The summed E-state index contributed by atoms with van der Waals surface area (Å²) < 4.78 is 39.7. The van der Waals surface area contributed by atoms with Gasteiger partial charge in [0.1, 0.15) is 12.6 Å². The van der Waals surface area contributed by atoms with Crippen molar-refractivity contribution in [2.75, 3.05) is 31.6 Å². The maximum Gasteiger partial charge on any atom is 0.264 e. The van der Waals surface area contributed by atoms with E-state index in [0.717, 1.165) is 16.3 Å². The van der Waals surface area contributed by atoms with Gasteiger partial charge < -0.3 is 19.7 Å². The summed E-state index contributed by atoms with van der Waals surface area (Å²) in [4.78, 5) is 28.4. The Kier molecular flexibility index (Phi) is 11.2. The number of nitrogens with zero attached hydrogens (tertiary/aromatic N) is 2. The molecule has 0 heterocycles. The Bertz CT molecular complexity index is 1400. The number of amides is 2. The summed E-state index contributed by atoms with van der Waals surface area (Å²) in [6, 6.07) is 21.4. The number of hydrogen-bond acceptors (Lipinski definition) is 6. The fraction of sp³-hybridized carbons (Fsp3) is 0.355. The number of rotatable bonds is 14. The highest BCUT2D eigenvalue weighted by atomic mass is 32.2. The van der Waals surface area contributed by atoms with E-state index in [1.165, 1.54) is 37.3 Å². The lowest BCUT2D eigenvalue weighted by Crippen LogP contribution is -2.53. The molecule has 1 N–H and O–H groups in total. The molecule has 0 saturated heterocycles. The van der Waals surface area contributed by atoms with Crippen molar-refractivity contribution in [3.05, 3.63) is 84.4 Å². The summed E-state index contributed by atoms with van der Waals surface area (Å²) in [5, 5.41) is 2.94. The molecule has 10 heteroatoms. The normalized spacial score (nSPS) is 12.6. The van der Waals surface area contributed by atoms with Gasteiger partial charge in [-0.25, -0.2) is 8.42 Å². The fourth-order valence-electron chi connectivity index (χ4n) is 4.26. The number of benzene rings is 3. The van der Waals surface area contributed by atoms with E-state index in [4.69, 9.17) is 9.47 Å². The van der Waals surface area contributed by atoms with Gasteiger partial charge in [-0.3, -0.25) is 13.9 Å². The van der Waals surface area contributed by atoms with E-state index in [2.05, 4.69) is 5.32 Å². The van der Waals surface area contributed by atoms with Gasteiger partial charge >= 0.3 is 0 Å². The zero-order chi connectivity index (χ0) is 30.0. The van der Waals surface area contributed by atoms with Crippen LogP contribution in [0.4, 0.5) is 5.69 Å². The van der Waals surface area contributed by atoms with Crippen LogP contribution in [-0.4, -0.2) is 64.5 Å². The molecular formula is C31H39N3O6S. The van der Waals surface area contributed by atoms with Crippen LogP contribution in [0, 0.1) is 0 Å². The number of carbonyl (C=O) groups excluding carboxylic acids is 2. The number of hydrogen-bond donors (Lipinski definition) is 1. The first-order valence-corrected chi connectivity index (χ1v) is 15.0. The van der Waals surface area contributed by atoms with Gasteiger partial charge in [-0.2, -0.15) is 0 Å². The quantitative estimate of drug-likeness (QED) is 0.305. The lowest BCUT2D eigenvalue weighted by Gasteiger charge is -2.32. The van der Waals surface area contributed by atoms with Crippen molar-refractivity contribution >= 4 is 27.5 Å². The van der Waals surface area contributed by atoms with Crippen molar-refractivity contribution in [2.24, 2.45) is 0 Å². The minimum Gasteiger partial charge on any atom is -0.493 e. The first-order valence-electron chi connectivity index (χ1n) is 13.6. The molecule has 0 bridgehead atoms. The highest BCUT2D eigenvalue weighted by Gasteiger charge is 2.33. The van der Waals surface area contributed by atoms with Gasteiger partial charge in [0, 0.05) is 18.7 Å². The zero-order valence-electron chi connectivity index (χ0n) is 24.2. The van der Waals surface area contributed by atoms with Gasteiger partial charge in [0.2, 0.25) is 11.8 Å². The number of para-hydroxylation sites is 1. The van der Waals surface area contributed by atoms with Gasteiger partial charge in [-0.15, -0.1) is 0 Å². The molecule has 2 atom stereocenters. The third-order valence-corrected chi connectivity index (χ3v) is 8.69.